The fourth-order valence-electron chi connectivity index (χ4n) is 6.52. The zero-order chi connectivity index (χ0) is 24.2. The van der Waals surface area contributed by atoms with Crippen molar-refractivity contribution in [3.63, 3.8) is 0 Å². The number of hydrogen-bond donors (Lipinski definition) is 1. The highest BCUT2D eigenvalue weighted by Gasteiger charge is 2.49. The first-order valence-electron chi connectivity index (χ1n) is 12.5. The van der Waals surface area contributed by atoms with Gasteiger partial charge in [-0.15, -0.1) is 0 Å². The number of nitrogens with two attached hydrogens (primary N) is 1. The van der Waals surface area contributed by atoms with Gasteiger partial charge in [-0.25, -0.2) is 5.11 Å². The monoisotopic (exact) mass is 461 g/mol. The van der Waals surface area contributed by atoms with E-state index in [0.29, 0.717) is 18.5 Å². The van der Waals surface area contributed by atoms with Crippen LogP contribution in [0.5, 0.6) is 0 Å². The van der Waals surface area contributed by atoms with Crippen molar-refractivity contribution in [2.24, 2.45) is 0 Å². The van der Waals surface area contributed by atoms with Crippen LogP contribution in [0.4, 0.5) is 11.4 Å². The third-order valence-corrected chi connectivity index (χ3v) is 8.07. The Morgan fingerprint density at radius 2 is 1.74 bits per heavy atom. The Morgan fingerprint density at radius 1 is 0.943 bits per heavy atom. The van der Waals surface area contributed by atoms with Crippen LogP contribution in [0.25, 0.3) is 17.2 Å². The molecule has 6 rings (SSSR count). The third kappa shape index (κ3) is 3.13. The molecule has 3 aromatic rings. The Labute approximate surface area is 206 Å². The number of rotatable bonds is 3. The van der Waals surface area contributed by atoms with Crippen LogP contribution in [-0.4, -0.2) is 12.4 Å². The minimum atomic E-state index is -0.900. The number of nitrogen functional groups attached to an aromatic ring is 1. The number of benzene rings is 3. The average molecular weight is 462 g/mol. The molecule has 3 aliphatic rings. The Balaban J connectivity index is 1.61. The van der Waals surface area contributed by atoms with Crippen molar-refractivity contribution in [3.05, 3.63) is 100 Å². The summed E-state index contributed by atoms with van der Waals surface area (Å²) < 4.78 is 0. The van der Waals surface area contributed by atoms with Crippen LogP contribution in [0.3, 0.4) is 0 Å². The third-order valence-electron chi connectivity index (χ3n) is 8.07. The first-order chi connectivity index (χ1) is 17.1. The second-order valence-electron chi connectivity index (χ2n) is 9.73. The normalized spacial score (nSPS) is 20.3. The predicted molar refractivity (Wildman–Crippen MR) is 141 cm³/mol. The number of anilines is 2. The second-order valence-corrected chi connectivity index (χ2v) is 9.73. The number of para-hydroxylation sites is 1. The number of Topliss-reactive ketones (excluding diaryl/α,β-unsaturated/α-hetero) is 1. The van der Waals surface area contributed by atoms with E-state index in [1.807, 2.05) is 48.6 Å². The molecule has 0 bridgehead atoms. The average Bonchev–Trinajstić information content (AvgIpc) is 3.07. The van der Waals surface area contributed by atoms with Crippen molar-refractivity contribution in [1.29, 1.82) is 0 Å². The summed E-state index contributed by atoms with van der Waals surface area (Å²) in [4.78, 5) is 16.1. The summed E-state index contributed by atoms with van der Waals surface area (Å²) in [6.45, 7) is 1.69. The summed E-state index contributed by atoms with van der Waals surface area (Å²) in [6, 6.07) is 18.6. The lowest BCUT2D eigenvalue weighted by atomic mass is 9.68. The molecular formula is C31H29N2O2. The van der Waals surface area contributed by atoms with E-state index in [9.17, 15) is 9.90 Å². The van der Waals surface area contributed by atoms with Gasteiger partial charge in [0.1, 0.15) is 12.1 Å². The highest BCUT2D eigenvalue weighted by atomic mass is 16.3. The minimum absolute atomic E-state index is 0.187. The van der Waals surface area contributed by atoms with Gasteiger partial charge in [-0.3, -0.25) is 4.79 Å². The number of aryl methyl sites for hydroxylation is 1. The summed E-state index contributed by atoms with van der Waals surface area (Å²) >= 11 is 0. The molecule has 0 spiro atoms. The van der Waals surface area contributed by atoms with Crippen LogP contribution in [-0.2, 0) is 34.7 Å². The number of fused-ring (bicyclic) bond motifs is 6. The molecule has 2 N–H and O–H groups in total. The Morgan fingerprint density at radius 3 is 2.57 bits per heavy atom. The van der Waals surface area contributed by atoms with E-state index >= 15 is 0 Å². The van der Waals surface area contributed by atoms with Crippen molar-refractivity contribution in [2.75, 3.05) is 17.2 Å². The van der Waals surface area contributed by atoms with Crippen LogP contribution < -0.4 is 10.6 Å². The van der Waals surface area contributed by atoms with Gasteiger partial charge in [-0.2, -0.15) is 0 Å². The lowest BCUT2D eigenvalue weighted by Gasteiger charge is -2.48. The highest BCUT2D eigenvalue weighted by Crippen LogP contribution is 2.49. The lowest BCUT2D eigenvalue weighted by molar-refractivity contribution is -0.125. The molecule has 3 aromatic carbocycles. The second kappa shape index (κ2) is 8.24. The summed E-state index contributed by atoms with van der Waals surface area (Å²) in [5.74, 6) is 0.187. The molecule has 2 aliphatic carbocycles. The van der Waals surface area contributed by atoms with Gasteiger partial charge in [0, 0.05) is 23.5 Å². The minimum Gasteiger partial charge on any atom is -0.399 e. The van der Waals surface area contributed by atoms with E-state index < -0.39 is 5.54 Å². The smallest absolute Gasteiger partial charge is 0.163 e. The van der Waals surface area contributed by atoms with E-state index in [1.165, 1.54) is 27.8 Å². The van der Waals surface area contributed by atoms with Gasteiger partial charge in [0.15, 0.2) is 5.78 Å². The van der Waals surface area contributed by atoms with Gasteiger partial charge in [-0.05, 0) is 88.9 Å². The number of ketones is 1. The summed E-state index contributed by atoms with van der Waals surface area (Å²) in [5, 5.41) is 12.5. The molecule has 1 radical (unpaired) electrons. The van der Waals surface area contributed by atoms with Crippen LogP contribution in [0, 0.1) is 0 Å². The molecular weight excluding hydrogens is 432 g/mol. The molecule has 0 amide bonds. The highest BCUT2D eigenvalue weighted by molar-refractivity contribution is 5.98. The molecule has 0 saturated heterocycles. The lowest BCUT2D eigenvalue weighted by Crippen LogP contribution is -2.54. The van der Waals surface area contributed by atoms with Gasteiger partial charge in [-0.1, -0.05) is 55.5 Å². The molecule has 0 saturated carbocycles. The molecule has 1 atom stereocenters. The maximum absolute atomic E-state index is 14.0. The summed E-state index contributed by atoms with van der Waals surface area (Å²) in [7, 11) is 0. The zero-order valence-electron chi connectivity index (χ0n) is 20.0. The number of nitrogens with zero attached hydrogens (tertiary/aromatic N) is 1. The number of allylic oxidation sites excluding steroid dienone is 2. The SMILES string of the molecule is CCC1(N2C(C[O])=CC=Cc3ccccc32)C(=O)CCc2c1ccc1c2CCc2cc(N)ccc2-1. The first-order valence-corrected chi connectivity index (χ1v) is 12.5. The standard InChI is InChI=1S/C31H29N2O2/c1-2-31(33-23(19-34)8-5-7-20-6-3-4-9-29(20)33)28-16-14-25-24-13-11-22(32)18-21(24)10-12-26(25)27(28)15-17-30(31)35/h3-9,11,13-14,16,18H,2,10,12,15,17,19,32H2,1H3. The van der Waals surface area contributed by atoms with E-state index in [0.717, 1.165) is 41.8 Å². The van der Waals surface area contributed by atoms with Crippen molar-refractivity contribution >= 4 is 23.2 Å². The van der Waals surface area contributed by atoms with E-state index in [-0.39, 0.29) is 12.4 Å². The van der Waals surface area contributed by atoms with E-state index in [2.05, 4.69) is 36.1 Å². The Bertz CT molecular complexity index is 1420. The topological polar surface area (TPSA) is 66.2 Å². The molecule has 35 heavy (non-hydrogen) atoms. The fraction of sp³-hybridized carbons (Fsp3) is 0.258. The Hall–Kier alpha value is -3.63. The number of carbonyl (C=O) groups is 1. The van der Waals surface area contributed by atoms with Gasteiger partial charge >= 0.3 is 0 Å². The van der Waals surface area contributed by atoms with Crippen molar-refractivity contribution < 1.29 is 9.90 Å². The fourth-order valence-corrected chi connectivity index (χ4v) is 6.52. The quantitative estimate of drug-likeness (QED) is 0.486. The molecule has 4 nitrogen and oxygen atoms in total. The molecule has 0 fully saturated rings. The van der Waals surface area contributed by atoms with E-state index in [4.69, 9.17) is 5.73 Å². The van der Waals surface area contributed by atoms with Crippen LogP contribution in [0.15, 0.2) is 72.4 Å². The van der Waals surface area contributed by atoms with Crippen molar-refractivity contribution in [3.8, 4) is 11.1 Å². The van der Waals surface area contributed by atoms with Crippen molar-refractivity contribution in [2.45, 2.75) is 44.6 Å². The molecule has 0 aromatic heterocycles. The summed E-state index contributed by atoms with van der Waals surface area (Å²) in [6.07, 6.45) is 9.53. The number of carbonyl (C=O) groups excluding carboxylic acids is 1. The van der Waals surface area contributed by atoms with Gasteiger partial charge in [0.25, 0.3) is 0 Å². The molecule has 1 aliphatic heterocycles. The maximum Gasteiger partial charge on any atom is 0.163 e. The van der Waals surface area contributed by atoms with Crippen LogP contribution in [0.2, 0.25) is 0 Å². The Kier molecular flexibility index (Phi) is 5.15. The molecule has 1 unspecified atom stereocenters. The predicted octanol–water partition coefficient (Wildman–Crippen LogP) is 6.00. The van der Waals surface area contributed by atoms with Gasteiger partial charge in [0.2, 0.25) is 0 Å². The molecule has 175 valence electrons. The van der Waals surface area contributed by atoms with Crippen molar-refractivity contribution in [1.82, 2.24) is 0 Å². The molecule has 1 heterocycles. The van der Waals surface area contributed by atoms with Gasteiger partial charge in [0.05, 0.1) is 0 Å². The van der Waals surface area contributed by atoms with Crippen LogP contribution >= 0.6 is 0 Å². The largest absolute Gasteiger partial charge is 0.399 e. The number of hydrogen-bond acceptors (Lipinski definition) is 3. The van der Waals surface area contributed by atoms with E-state index in [1.54, 1.807) is 0 Å². The molecule has 4 heteroatoms. The van der Waals surface area contributed by atoms with Crippen LogP contribution in [0.1, 0.15) is 47.6 Å². The van der Waals surface area contributed by atoms with Gasteiger partial charge < -0.3 is 10.6 Å². The zero-order valence-corrected chi connectivity index (χ0v) is 20.0. The summed E-state index contributed by atoms with van der Waals surface area (Å²) in [5.41, 5.74) is 16.0. The first kappa shape index (κ1) is 21.9. The maximum atomic E-state index is 14.0.